The lowest BCUT2D eigenvalue weighted by molar-refractivity contribution is -0.123. The van der Waals surface area contributed by atoms with E-state index in [4.69, 9.17) is 18.9 Å². The number of hydrogen-bond donors (Lipinski definition) is 9. The van der Waals surface area contributed by atoms with Gasteiger partial charge in [0.05, 0.1) is 54.2 Å². The van der Waals surface area contributed by atoms with Crippen molar-refractivity contribution in [2.24, 2.45) is 15.5 Å². The van der Waals surface area contributed by atoms with Gasteiger partial charge in [-0.1, -0.05) is 51.0 Å². The van der Waals surface area contributed by atoms with E-state index in [1.807, 2.05) is 40.1 Å². The van der Waals surface area contributed by atoms with Crippen molar-refractivity contribution in [1.82, 2.24) is 71.1 Å². The molecule has 0 aromatic heterocycles. The fourth-order valence-electron chi connectivity index (χ4n) is 15.0. The molecular formula is C84H89N17O16. The van der Waals surface area contributed by atoms with Crippen LogP contribution in [0.25, 0.3) is 0 Å². The molecule has 6 saturated heterocycles. The maximum atomic E-state index is 13.3. The number of ether oxygens (including phenoxy) is 4. The number of nitrogens with one attached hydrogen (secondary N) is 6. The SMILES string of the molecule is COc1ccc2c(c1)CCN(C[C@@]1(C#Cc3ccc(/C(=N\O)N4CCCN(C)CC4)cc3)NC(=O)NC1=O)C2=O.COc1ccc2c(c1)CCN(C[C@@]1(C#Cc3ccc(/C(=N\O)N4CCN(C)CC4)cc3)NC(=O)NC1=O)C2=O.COc1ccc2c(c1)CCN(C[C@@]1(C#Cc3ccc(/C(=N\O)N4CCOCC4)cc3)NC(=O)NC1=O)C2=O. The number of amides is 12. The van der Waals surface area contributed by atoms with Gasteiger partial charge in [-0.15, -0.1) is 0 Å². The van der Waals surface area contributed by atoms with Crippen LogP contribution < -0.4 is 46.1 Å². The summed E-state index contributed by atoms with van der Waals surface area (Å²) < 4.78 is 21.1. The number of urea groups is 3. The number of imide groups is 3. The van der Waals surface area contributed by atoms with Crippen LogP contribution in [0.1, 0.15) is 87.6 Å². The van der Waals surface area contributed by atoms with Crippen molar-refractivity contribution in [2.75, 3.05) is 153 Å². The van der Waals surface area contributed by atoms with Gasteiger partial charge < -0.3 is 89.7 Å². The third-order valence-corrected chi connectivity index (χ3v) is 21.7. The molecule has 12 amide bonds. The number of morpholine rings is 1. The fraction of sp³-hybridized carbons (Fsp3) is 0.357. The van der Waals surface area contributed by atoms with Crippen LogP contribution in [0.2, 0.25) is 0 Å². The number of piperazine rings is 1. The Balaban J connectivity index is 0.000000152. The number of hydrogen-bond acceptors (Lipinski definition) is 21. The Morgan fingerprint density at radius 1 is 0.393 bits per heavy atom. The second kappa shape index (κ2) is 35.8. The predicted molar refractivity (Wildman–Crippen MR) is 426 cm³/mol. The van der Waals surface area contributed by atoms with Crippen LogP contribution in [-0.2, 0) is 38.4 Å². The van der Waals surface area contributed by atoms with Gasteiger partial charge in [-0.3, -0.25) is 44.7 Å². The summed E-state index contributed by atoms with van der Waals surface area (Å²) in [6.45, 7) is 9.81. The summed E-state index contributed by atoms with van der Waals surface area (Å²) in [4.78, 5) is 130. The van der Waals surface area contributed by atoms with Crippen LogP contribution in [0, 0.1) is 35.5 Å². The van der Waals surface area contributed by atoms with Crippen molar-refractivity contribution in [2.45, 2.75) is 42.3 Å². The van der Waals surface area contributed by atoms with Gasteiger partial charge in [-0.2, -0.15) is 0 Å². The molecule has 6 fully saturated rings. The first-order valence-electron chi connectivity index (χ1n) is 38.1. The van der Waals surface area contributed by atoms with Gasteiger partial charge in [-0.05, 0) is 190 Å². The zero-order valence-corrected chi connectivity index (χ0v) is 65.2. The lowest BCUT2D eigenvalue weighted by Gasteiger charge is -2.34. The highest BCUT2D eigenvalue weighted by Crippen LogP contribution is 2.30. The number of benzene rings is 6. The minimum absolute atomic E-state index is 0.0926. The molecule has 0 aliphatic carbocycles. The van der Waals surface area contributed by atoms with E-state index in [0.717, 1.165) is 86.6 Å². The Kier molecular flexibility index (Phi) is 24.9. The van der Waals surface area contributed by atoms with Crippen LogP contribution >= 0.6 is 0 Å². The van der Waals surface area contributed by atoms with E-state index in [1.165, 1.54) is 9.80 Å². The molecule has 606 valence electrons. The Labute approximate surface area is 674 Å². The van der Waals surface area contributed by atoms with E-state index in [1.54, 1.807) is 123 Å². The molecule has 9 heterocycles. The minimum Gasteiger partial charge on any atom is -0.497 e. The molecule has 0 bridgehead atoms. The minimum atomic E-state index is -1.60. The molecule has 0 unspecified atom stereocenters. The molecule has 117 heavy (non-hydrogen) atoms. The molecule has 15 rings (SSSR count). The zero-order chi connectivity index (χ0) is 82.5. The number of oxime groups is 3. The zero-order valence-electron chi connectivity index (χ0n) is 65.2. The first-order chi connectivity index (χ1) is 56.5. The number of carbonyl (C=O) groups is 9. The first-order valence-corrected chi connectivity index (χ1v) is 38.1. The van der Waals surface area contributed by atoms with Gasteiger partial charge >= 0.3 is 18.1 Å². The van der Waals surface area contributed by atoms with Crippen molar-refractivity contribution in [3.63, 3.8) is 0 Å². The number of methoxy groups -OCH3 is 3. The van der Waals surface area contributed by atoms with Gasteiger partial charge in [0.15, 0.2) is 17.5 Å². The average Bonchev–Trinajstić information content (AvgIpc) is 1.66. The quantitative estimate of drug-likeness (QED) is 0.0212. The van der Waals surface area contributed by atoms with Crippen LogP contribution in [0.5, 0.6) is 17.2 Å². The van der Waals surface area contributed by atoms with Crippen LogP contribution in [-0.4, -0.2) is 296 Å². The highest BCUT2D eigenvalue weighted by atomic mass is 16.5. The van der Waals surface area contributed by atoms with Crippen molar-refractivity contribution >= 4 is 71.0 Å². The van der Waals surface area contributed by atoms with Crippen LogP contribution in [0.4, 0.5) is 14.4 Å². The second-order valence-electron chi connectivity index (χ2n) is 29.2. The van der Waals surface area contributed by atoms with Crippen LogP contribution in [0.15, 0.2) is 143 Å². The molecule has 3 atom stereocenters. The fourth-order valence-corrected chi connectivity index (χ4v) is 15.0. The summed E-state index contributed by atoms with van der Waals surface area (Å²) in [6, 6.07) is 35.2. The van der Waals surface area contributed by atoms with Crippen LogP contribution in [0.3, 0.4) is 0 Å². The molecule has 0 radical (unpaired) electrons. The lowest BCUT2D eigenvalue weighted by Crippen LogP contribution is -2.56. The Bertz CT molecular complexity index is 5170. The van der Waals surface area contributed by atoms with Gasteiger partial charge in [0.2, 0.25) is 16.6 Å². The Hall–Kier alpha value is -13.7. The van der Waals surface area contributed by atoms with Gasteiger partial charge in [0.1, 0.15) is 17.2 Å². The summed E-state index contributed by atoms with van der Waals surface area (Å²) in [5, 5.41) is 54.1. The molecule has 6 aromatic rings. The van der Waals surface area contributed by atoms with E-state index < -0.39 is 52.4 Å². The van der Waals surface area contributed by atoms with Gasteiger partial charge in [-0.25, -0.2) is 14.4 Å². The van der Waals surface area contributed by atoms with E-state index in [9.17, 15) is 58.8 Å². The van der Waals surface area contributed by atoms with Gasteiger partial charge in [0.25, 0.3) is 35.4 Å². The number of nitrogens with zero attached hydrogens (tertiary/aromatic N) is 11. The Morgan fingerprint density at radius 3 is 0.983 bits per heavy atom. The number of likely N-dealkylation sites (N-methyl/N-ethyl adjacent to an activating group) is 2. The van der Waals surface area contributed by atoms with Crippen molar-refractivity contribution in [3.05, 3.63) is 194 Å². The normalized spacial score (nSPS) is 21.5. The summed E-state index contributed by atoms with van der Waals surface area (Å²) in [5.74, 6) is 18.6. The maximum Gasteiger partial charge on any atom is 0.323 e. The number of rotatable bonds is 12. The Morgan fingerprint density at radius 2 is 0.692 bits per heavy atom. The average molecular weight is 1590 g/mol. The third-order valence-electron chi connectivity index (χ3n) is 21.7. The summed E-state index contributed by atoms with van der Waals surface area (Å²) in [6.07, 6.45) is 2.71. The number of amidine groups is 3. The molecule has 6 aromatic carbocycles. The predicted octanol–water partition coefficient (Wildman–Crippen LogP) is 2.59. The highest BCUT2D eigenvalue weighted by molar-refractivity contribution is 6.12. The standard InChI is InChI=1S/C29H32N6O5.C28H30N6O5.C27H27N5O6/c1-33-13-3-14-34(17-16-33)25(32-39)21-6-4-20(5-7-21)10-12-29(27(37)30-28(38)31-29)19-35-15-11-22-18-23(40-2)8-9-24(22)26(35)36;1-32-13-15-33(16-14-32)24(31-38)20-5-3-19(4-6-20)9-11-28(26(36)29-27(37)30-28)18-34-12-10-21-17-22(39-2)7-8-23(21)25(34)35;1-37-21-6-7-22-20(16-21)9-11-32(24(22)33)17-27(25(34)28-26(35)29-27)10-8-18-2-4-19(5-3-18)23(30-36)31-12-14-38-15-13-31/h4-9,18,39H,3,11,13-17,19H2,1-2H3,(H2,30,31,37,38);3-8,17,38H,10,12-16,18H2,1-2H3,(H2,29,30,36,37);2-7,16,36H,9,11-15,17H2,1H3,(H2,28,29,34,35)/b32-25+;31-24+;30-23+/t29-;28-;27-/m111/s1. The van der Waals surface area contributed by atoms with Crippen molar-refractivity contribution in [3.8, 4) is 52.8 Å². The molecule has 33 heteroatoms. The summed E-state index contributed by atoms with van der Waals surface area (Å²) >= 11 is 0. The monoisotopic (exact) mass is 1590 g/mol. The van der Waals surface area contributed by atoms with E-state index in [0.29, 0.717) is 139 Å². The molecule has 0 spiro atoms. The molecule has 9 aliphatic heterocycles. The first kappa shape index (κ1) is 81.3. The van der Waals surface area contributed by atoms with E-state index in [2.05, 4.69) is 112 Å². The van der Waals surface area contributed by atoms with Crippen molar-refractivity contribution in [1.29, 1.82) is 0 Å². The maximum absolute atomic E-state index is 13.3. The van der Waals surface area contributed by atoms with Gasteiger partial charge in [0, 0.05) is 129 Å². The lowest BCUT2D eigenvalue weighted by atomic mass is 9.94. The van der Waals surface area contributed by atoms with Crippen molar-refractivity contribution < 1.29 is 77.7 Å². The molecule has 9 N–H and O–H groups in total. The number of fused-ring (bicyclic) bond motifs is 3. The highest BCUT2D eigenvalue weighted by Gasteiger charge is 2.51. The van der Waals surface area contributed by atoms with E-state index >= 15 is 0 Å². The molecular weight excluding hydrogens is 1500 g/mol. The topological polar surface area (TPSA) is 386 Å². The molecule has 9 aliphatic rings. The molecule has 33 nitrogen and oxygen atoms in total. The second-order valence-corrected chi connectivity index (χ2v) is 29.2. The number of carbonyl (C=O) groups excluding carboxylic acids is 9. The summed E-state index contributed by atoms with van der Waals surface area (Å²) in [5.41, 5.74) is 3.42. The smallest absolute Gasteiger partial charge is 0.323 e. The van der Waals surface area contributed by atoms with E-state index in [-0.39, 0.29) is 37.4 Å². The summed E-state index contributed by atoms with van der Waals surface area (Å²) in [7, 11) is 8.84. The third kappa shape index (κ3) is 18.3. The largest absolute Gasteiger partial charge is 0.497 e. The molecule has 0 saturated carbocycles.